The average Bonchev–Trinajstić information content (AvgIpc) is 2.92. The topological polar surface area (TPSA) is 111 Å². The van der Waals surface area contributed by atoms with Crippen molar-refractivity contribution in [3.8, 4) is 5.06 Å². The molecule has 1 aromatic carbocycles. The molecule has 0 aliphatic rings. The number of carbonyl (C=O) groups excluding carboxylic acids is 1. The number of carbonyl (C=O) groups is 1. The molecule has 25 heavy (non-hydrogen) atoms. The van der Waals surface area contributed by atoms with Gasteiger partial charge in [-0.15, -0.1) is 0 Å². The fourth-order valence-corrected chi connectivity index (χ4v) is 4.04. The van der Waals surface area contributed by atoms with Gasteiger partial charge in [0.1, 0.15) is 0 Å². The van der Waals surface area contributed by atoms with Crippen molar-refractivity contribution in [3.63, 3.8) is 0 Å². The molecule has 0 spiro atoms. The van der Waals surface area contributed by atoms with E-state index in [1.165, 1.54) is 19.2 Å². The average molecular weight is 402 g/mol. The maximum atomic E-state index is 12.1. The number of hydrogen-bond donors (Lipinski definition) is 2. The first kappa shape index (κ1) is 19.4. The minimum absolute atomic E-state index is 0.120. The second-order valence-corrected chi connectivity index (χ2v) is 8.04. The van der Waals surface area contributed by atoms with Crippen LogP contribution in [0.3, 0.4) is 0 Å². The third kappa shape index (κ3) is 5.82. The Hall–Kier alpha value is -1.94. The molecular formula is C15H16ClN3O4S2. The van der Waals surface area contributed by atoms with Crippen molar-refractivity contribution in [2.24, 2.45) is 5.73 Å². The summed E-state index contributed by atoms with van der Waals surface area (Å²) in [4.78, 5) is 14.7. The molecule has 1 aromatic heterocycles. The maximum absolute atomic E-state index is 12.1. The fraction of sp³-hybridized carbons (Fsp3) is 0.200. The Kier molecular flexibility index (Phi) is 6.54. The maximum Gasteiger partial charge on any atom is 0.308 e. The summed E-state index contributed by atoms with van der Waals surface area (Å²) < 4.78 is 31.3. The van der Waals surface area contributed by atoms with Gasteiger partial charge in [-0.05, 0) is 17.2 Å². The van der Waals surface area contributed by atoms with Gasteiger partial charge in [-0.2, -0.15) is 0 Å². The van der Waals surface area contributed by atoms with Gasteiger partial charge < -0.3 is 10.5 Å². The molecule has 0 amide bonds. The molecule has 0 bridgehead atoms. The Morgan fingerprint density at radius 2 is 2.24 bits per heavy atom. The zero-order valence-electron chi connectivity index (χ0n) is 13.2. The van der Waals surface area contributed by atoms with Crippen LogP contribution in [0.25, 0.3) is 6.08 Å². The number of nitrogens with zero attached hydrogens (tertiary/aromatic N) is 1. The van der Waals surface area contributed by atoms with E-state index >= 15 is 0 Å². The van der Waals surface area contributed by atoms with Crippen LogP contribution in [0.4, 0.5) is 5.13 Å². The van der Waals surface area contributed by atoms with Crippen molar-refractivity contribution in [2.45, 2.75) is 13.5 Å². The van der Waals surface area contributed by atoms with E-state index in [9.17, 15) is 13.2 Å². The summed E-state index contributed by atoms with van der Waals surface area (Å²) in [5, 5.41) is 0.869. The van der Waals surface area contributed by atoms with Crippen molar-refractivity contribution in [1.29, 1.82) is 0 Å². The van der Waals surface area contributed by atoms with Crippen molar-refractivity contribution in [1.82, 2.24) is 4.98 Å². The molecule has 2 rings (SSSR count). The van der Waals surface area contributed by atoms with Crippen LogP contribution in [-0.4, -0.2) is 25.1 Å². The van der Waals surface area contributed by atoms with E-state index in [0.29, 0.717) is 5.02 Å². The zero-order chi connectivity index (χ0) is 18.4. The van der Waals surface area contributed by atoms with E-state index in [1.54, 1.807) is 24.3 Å². The van der Waals surface area contributed by atoms with Crippen molar-refractivity contribution < 1.29 is 17.9 Å². The standard InChI is InChI=1S/C15H16ClN3O4S2/c1-10(20)23-14-9-18-15(24-14)19-25(21,22)7-3-5-11-4-2-6-13(16)12(11)8-17/h2-6,9H,7-8,17H2,1H3,(H,18,19). The van der Waals surface area contributed by atoms with E-state index in [2.05, 4.69) is 9.71 Å². The number of hydrogen-bond acceptors (Lipinski definition) is 7. The van der Waals surface area contributed by atoms with Crippen LogP contribution in [0.5, 0.6) is 5.06 Å². The minimum atomic E-state index is -3.64. The number of halogens is 1. The molecule has 0 saturated carbocycles. The SMILES string of the molecule is CC(=O)Oc1cnc(NS(=O)(=O)CC=Cc2cccc(Cl)c2CN)s1. The highest BCUT2D eigenvalue weighted by atomic mass is 35.5. The second kappa shape index (κ2) is 8.43. The van der Waals surface area contributed by atoms with Crippen molar-refractivity contribution in [3.05, 3.63) is 46.6 Å². The quantitative estimate of drug-likeness (QED) is 0.690. The van der Waals surface area contributed by atoms with E-state index in [0.717, 1.165) is 22.5 Å². The van der Waals surface area contributed by atoms with Crippen molar-refractivity contribution in [2.75, 3.05) is 10.5 Å². The normalized spacial score (nSPS) is 11.6. The fourth-order valence-electron chi connectivity index (χ4n) is 1.92. The number of sulfonamides is 1. The number of thiazole rings is 1. The number of aromatic nitrogens is 1. The largest absolute Gasteiger partial charge is 0.414 e. The summed E-state index contributed by atoms with van der Waals surface area (Å²) in [5.41, 5.74) is 7.16. The van der Waals surface area contributed by atoms with Crippen LogP contribution in [0, 0.1) is 0 Å². The number of rotatable bonds is 7. The first-order chi connectivity index (χ1) is 11.8. The molecule has 0 radical (unpaired) electrons. The van der Waals surface area contributed by atoms with E-state index in [1.807, 2.05) is 0 Å². The van der Waals surface area contributed by atoms with Gasteiger partial charge >= 0.3 is 5.97 Å². The number of nitrogens with one attached hydrogen (secondary N) is 1. The molecule has 0 aliphatic carbocycles. The molecule has 7 nitrogen and oxygen atoms in total. The van der Waals surface area contributed by atoms with Crippen LogP contribution in [0.15, 0.2) is 30.5 Å². The Bertz CT molecular complexity index is 894. The van der Waals surface area contributed by atoms with Gasteiger partial charge in [0.25, 0.3) is 0 Å². The van der Waals surface area contributed by atoms with Gasteiger partial charge in [0.15, 0.2) is 5.13 Å². The molecule has 1 heterocycles. The molecular weight excluding hydrogens is 386 g/mol. The number of esters is 1. The van der Waals surface area contributed by atoms with E-state index < -0.39 is 16.0 Å². The lowest BCUT2D eigenvalue weighted by molar-refractivity contribution is -0.131. The van der Waals surface area contributed by atoms with Gasteiger partial charge in [0, 0.05) is 18.5 Å². The number of ether oxygens (including phenoxy) is 1. The third-order valence-corrected chi connectivity index (χ3v) is 5.35. The Labute approximate surface area is 154 Å². The van der Waals surface area contributed by atoms with Gasteiger partial charge in [0.05, 0.1) is 11.9 Å². The van der Waals surface area contributed by atoms with E-state index in [-0.39, 0.29) is 22.5 Å². The van der Waals surface area contributed by atoms with Gasteiger partial charge in [0.2, 0.25) is 15.1 Å². The second-order valence-electron chi connectivity index (χ2n) is 4.88. The van der Waals surface area contributed by atoms with Gasteiger partial charge in [-0.25, -0.2) is 13.4 Å². The van der Waals surface area contributed by atoms with Gasteiger partial charge in [-0.1, -0.05) is 47.2 Å². The summed E-state index contributed by atoms with van der Waals surface area (Å²) >= 11 is 6.98. The number of anilines is 1. The lowest BCUT2D eigenvalue weighted by Gasteiger charge is -2.05. The molecule has 0 unspecified atom stereocenters. The molecule has 0 aliphatic heterocycles. The monoisotopic (exact) mass is 401 g/mol. The first-order valence-corrected chi connectivity index (χ1v) is 9.94. The predicted molar refractivity (Wildman–Crippen MR) is 99.2 cm³/mol. The Morgan fingerprint density at radius 3 is 2.92 bits per heavy atom. The summed E-state index contributed by atoms with van der Waals surface area (Å²) in [6.45, 7) is 1.50. The molecule has 2 aromatic rings. The summed E-state index contributed by atoms with van der Waals surface area (Å²) in [5.74, 6) is -0.760. The summed E-state index contributed by atoms with van der Waals surface area (Å²) in [7, 11) is -3.64. The highest BCUT2D eigenvalue weighted by Gasteiger charge is 2.13. The lowest BCUT2D eigenvalue weighted by atomic mass is 10.1. The van der Waals surface area contributed by atoms with Crippen LogP contribution in [0.1, 0.15) is 18.1 Å². The molecule has 0 atom stereocenters. The first-order valence-electron chi connectivity index (χ1n) is 7.09. The molecule has 134 valence electrons. The predicted octanol–water partition coefficient (Wildman–Crippen LogP) is 2.64. The zero-order valence-corrected chi connectivity index (χ0v) is 15.6. The Balaban J connectivity index is 2.03. The number of benzene rings is 1. The van der Waals surface area contributed by atoms with Crippen LogP contribution in [0.2, 0.25) is 5.02 Å². The number of nitrogens with two attached hydrogens (primary N) is 1. The molecule has 3 N–H and O–H groups in total. The van der Waals surface area contributed by atoms with Crippen LogP contribution < -0.4 is 15.2 Å². The van der Waals surface area contributed by atoms with E-state index in [4.69, 9.17) is 22.1 Å². The molecule has 0 saturated heterocycles. The smallest absolute Gasteiger partial charge is 0.308 e. The summed E-state index contributed by atoms with van der Waals surface area (Å²) in [6, 6.07) is 5.29. The Morgan fingerprint density at radius 1 is 1.48 bits per heavy atom. The lowest BCUT2D eigenvalue weighted by Crippen LogP contribution is -2.15. The van der Waals surface area contributed by atoms with Gasteiger partial charge in [-0.3, -0.25) is 9.52 Å². The van der Waals surface area contributed by atoms with Crippen LogP contribution >= 0.6 is 22.9 Å². The van der Waals surface area contributed by atoms with Crippen LogP contribution in [-0.2, 0) is 21.4 Å². The molecule has 0 fully saturated rings. The minimum Gasteiger partial charge on any atom is -0.414 e. The van der Waals surface area contributed by atoms with Crippen molar-refractivity contribution >= 4 is 50.1 Å². The molecule has 10 heteroatoms. The summed E-state index contributed by atoms with van der Waals surface area (Å²) in [6.07, 6.45) is 4.42. The third-order valence-electron chi connectivity index (χ3n) is 2.94. The highest BCUT2D eigenvalue weighted by molar-refractivity contribution is 7.93. The highest BCUT2D eigenvalue weighted by Crippen LogP contribution is 2.26.